The summed E-state index contributed by atoms with van der Waals surface area (Å²) in [6.45, 7) is 0. The minimum absolute atomic E-state index is 0. The van der Waals surface area contributed by atoms with Crippen LogP contribution < -0.4 is 11.1 Å². The zero-order valence-electron chi connectivity index (χ0n) is 15.0. The molecule has 2 amide bonds. The molecule has 3 N–H and O–H groups in total. The lowest BCUT2D eigenvalue weighted by molar-refractivity contribution is 0.0827. The van der Waals surface area contributed by atoms with E-state index in [2.05, 4.69) is 5.32 Å². The van der Waals surface area contributed by atoms with Crippen LogP contribution in [0.25, 0.3) is 0 Å². The van der Waals surface area contributed by atoms with E-state index in [0.29, 0.717) is 11.1 Å². The molecule has 0 aliphatic heterocycles. The second-order valence-corrected chi connectivity index (χ2v) is 6.66. The van der Waals surface area contributed by atoms with E-state index in [-0.39, 0.29) is 30.3 Å². The van der Waals surface area contributed by atoms with Crippen molar-refractivity contribution < 1.29 is 9.59 Å². The Bertz CT molecular complexity index is 820. The number of nitrogens with one attached hydrogen (secondary N) is 1. The molecule has 0 spiro atoms. The minimum atomic E-state index is -0.164. The predicted molar refractivity (Wildman–Crippen MR) is 106 cm³/mol. The average Bonchev–Trinajstić information content (AvgIpc) is 2.61. The van der Waals surface area contributed by atoms with E-state index in [9.17, 15) is 9.59 Å². The van der Waals surface area contributed by atoms with Crippen LogP contribution in [0.5, 0.6) is 0 Å². The highest BCUT2D eigenvalue weighted by molar-refractivity contribution is 5.99. The molecular formula is C20H24ClN3O2. The quantitative estimate of drug-likeness (QED) is 0.811. The molecule has 1 aliphatic carbocycles. The molecule has 0 saturated carbocycles. The van der Waals surface area contributed by atoms with Crippen molar-refractivity contribution in [1.82, 2.24) is 10.2 Å². The second kappa shape index (κ2) is 8.23. The van der Waals surface area contributed by atoms with Crippen molar-refractivity contribution in [2.45, 2.75) is 25.3 Å². The summed E-state index contributed by atoms with van der Waals surface area (Å²) in [5.74, 6) is -0.281. The fourth-order valence-electron chi connectivity index (χ4n) is 3.28. The number of nitrogen functional groups attached to an aromatic ring is 1. The van der Waals surface area contributed by atoms with Crippen LogP contribution in [-0.4, -0.2) is 30.8 Å². The van der Waals surface area contributed by atoms with Gasteiger partial charge in [0.05, 0.1) is 6.04 Å². The summed E-state index contributed by atoms with van der Waals surface area (Å²) in [5, 5.41) is 3.10. The zero-order chi connectivity index (χ0) is 18.0. The van der Waals surface area contributed by atoms with Crippen molar-refractivity contribution in [3.8, 4) is 0 Å². The van der Waals surface area contributed by atoms with Crippen molar-refractivity contribution >= 4 is 29.9 Å². The number of halogens is 1. The number of fused-ring (bicyclic) bond motifs is 1. The van der Waals surface area contributed by atoms with Gasteiger partial charge in [-0.1, -0.05) is 12.1 Å². The van der Waals surface area contributed by atoms with E-state index in [4.69, 9.17) is 5.73 Å². The van der Waals surface area contributed by atoms with Crippen molar-refractivity contribution in [1.29, 1.82) is 0 Å². The van der Waals surface area contributed by atoms with Crippen LogP contribution in [0.3, 0.4) is 0 Å². The Hall–Kier alpha value is -2.53. The Morgan fingerprint density at radius 1 is 1.12 bits per heavy atom. The lowest BCUT2D eigenvalue weighted by Crippen LogP contribution is -2.31. The summed E-state index contributed by atoms with van der Waals surface area (Å²) in [7, 11) is 3.39. The van der Waals surface area contributed by atoms with Crippen LogP contribution in [0.4, 0.5) is 5.69 Å². The number of nitrogens with zero attached hydrogens (tertiary/aromatic N) is 1. The summed E-state index contributed by atoms with van der Waals surface area (Å²) in [5.41, 5.74) is 9.96. The fraction of sp³-hybridized carbons (Fsp3) is 0.300. The smallest absolute Gasteiger partial charge is 0.253 e. The van der Waals surface area contributed by atoms with Gasteiger partial charge in [0, 0.05) is 30.9 Å². The first-order valence-electron chi connectivity index (χ1n) is 8.46. The van der Waals surface area contributed by atoms with Gasteiger partial charge in [0.25, 0.3) is 11.8 Å². The summed E-state index contributed by atoms with van der Waals surface area (Å²) in [6, 6.07) is 12.7. The van der Waals surface area contributed by atoms with Gasteiger partial charge in [-0.3, -0.25) is 9.59 Å². The normalized spacial score (nSPS) is 15.4. The number of nitrogens with two attached hydrogens (primary N) is 1. The number of hydrogen-bond donors (Lipinski definition) is 2. The molecule has 0 fully saturated rings. The predicted octanol–water partition coefficient (Wildman–Crippen LogP) is 3.20. The molecule has 0 aromatic heterocycles. The summed E-state index contributed by atoms with van der Waals surface area (Å²) in [4.78, 5) is 26.3. The Balaban J connectivity index is 0.00000243. The first-order chi connectivity index (χ1) is 12.0. The summed E-state index contributed by atoms with van der Waals surface area (Å²) in [6.07, 6.45) is 2.90. The standard InChI is InChI=1S/C20H23N3O2.ClH/c1-23(2)20(25)15-7-3-6-14(11-15)19(24)22-18-8-4-5-13-12-16(21)9-10-17(13)18;/h3,6-7,9-12,18H,4-5,8,21H2,1-2H3,(H,22,24);1H. The van der Waals surface area contributed by atoms with Crippen LogP contribution in [0.2, 0.25) is 0 Å². The number of benzene rings is 2. The molecule has 2 aromatic rings. The molecule has 0 saturated heterocycles. The van der Waals surface area contributed by atoms with Crippen LogP contribution in [0.1, 0.15) is 50.7 Å². The van der Waals surface area contributed by atoms with Gasteiger partial charge < -0.3 is 16.0 Å². The molecule has 0 bridgehead atoms. The molecule has 2 aromatic carbocycles. The van der Waals surface area contributed by atoms with Crippen LogP contribution in [0, 0.1) is 0 Å². The van der Waals surface area contributed by atoms with Crippen molar-refractivity contribution in [2.75, 3.05) is 19.8 Å². The molecule has 6 heteroatoms. The topological polar surface area (TPSA) is 75.4 Å². The number of hydrogen-bond acceptors (Lipinski definition) is 3. The Labute approximate surface area is 160 Å². The van der Waals surface area contributed by atoms with E-state index in [1.807, 2.05) is 18.2 Å². The maximum absolute atomic E-state index is 12.7. The number of carbonyl (C=O) groups excluding carboxylic acids is 2. The third kappa shape index (κ3) is 4.17. The van der Waals surface area contributed by atoms with Gasteiger partial charge in [0.1, 0.15) is 0 Å². The highest BCUT2D eigenvalue weighted by atomic mass is 35.5. The van der Waals surface area contributed by atoms with E-state index < -0.39 is 0 Å². The molecule has 26 heavy (non-hydrogen) atoms. The minimum Gasteiger partial charge on any atom is -0.399 e. The highest BCUT2D eigenvalue weighted by Crippen LogP contribution is 2.31. The number of amides is 2. The molecule has 1 unspecified atom stereocenters. The Morgan fingerprint density at radius 2 is 1.85 bits per heavy atom. The van der Waals surface area contributed by atoms with Crippen molar-refractivity contribution in [3.05, 3.63) is 64.7 Å². The van der Waals surface area contributed by atoms with E-state index in [1.54, 1.807) is 38.4 Å². The SMILES string of the molecule is CN(C)C(=O)c1cccc(C(=O)NC2CCCc3cc(N)ccc32)c1.Cl. The van der Waals surface area contributed by atoms with Gasteiger partial charge in [-0.05, 0) is 60.7 Å². The van der Waals surface area contributed by atoms with Gasteiger partial charge in [0.15, 0.2) is 0 Å². The number of aryl methyl sites for hydroxylation is 1. The maximum atomic E-state index is 12.7. The van der Waals surface area contributed by atoms with Crippen LogP contribution in [-0.2, 0) is 6.42 Å². The van der Waals surface area contributed by atoms with E-state index in [1.165, 1.54) is 10.5 Å². The number of rotatable bonds is 3. The lowest BCUT2D eigenvalue weighted by Gasteiger charge is -2.26. The monoisotopic (exact) mass is 373 g/mol. The molecule has 1 aliphatic rings. The summed E-state index contributed by atoms with van der Waals surface area (Å²) < 4.78 is 0. The molecule has 1 atom stereocenters. The van der Waals surface area contributed by atoms with Crippen molar-refractivity contribution in [3.63, 3.8) is 0 Å². The third-order valence-corrected chi connectivity index (χ3v) is 4.56. The van der Waals surface area contributed by atoms with Crippen LogP contribution >= 0.6 is 12.4 Å². The van der Waals surface area contributed by atoms with Crippen LogP contribution in [0.15, 0.2) is 42.5 Å². The van der Waals surface area contributed by atoms with Gasteiger partial charge in [-0.25, -0.2) is 0 Å². The number of anilines is 1. The lowest BCUT2D eigenvalue weighted by atomic mass is 9.87. The number of carbonyl (C=O) groups is 2. The summed E-state index contributed by atoms with van der Waals surface area (Å²) >= 11 is 0. The first kappa shape index (κ1) is 19.8. The molecule has 138 valence electrons. The average molecular weight is 374 g/mol. The maximum Gasteiger partial charge on any atom is 0.253 e. The fourth-order valence-corrected chi connectivity index (χ4v) is 3.28. The zero-order valence-corrected chi connectivity index (χ0v) is 15.8. The highest BCUT2D eigenvalue weighted by Gasteiger charge is 2.22. The third-order valence-electron chi connectivity index (χ3n) is 4.56. The molecule has 3 rings (SSSR count). The Morgan fingerprint density at radius 3 is 2.58 bits per heavy atom. The van der Waals surface area contributed by atoms with E-state index >= 15 is 0 Å². The van der Waals surface area contributed by atoms with Gasteiger partial charge in [-0.15, -0.1) is 12.4 Å². The molecule has 0 heterocycles. The van der Waals surface area contributed by atoms with Crippen molar-refractivity contribution in [2.24, 2.45) is 0 Å². The molecular weight excluding hydrogens is 350 g/mol. The largest absolute Gasteiger partial charge is 0.399 e. The Kier molecular flexibility index (Phi) is 6.27. The van der Waals surface area contributed by atoms with E-state index in [0.717, 1.165) is 30.5 Å². The molecule has 0 radical (unpaired) electrons. The second-order valence-electron chi connectivity index (χ2n) is 6.66. The molecule has 5 nitrogen and oxygen atoms in total. The van der Waals surface area contributed by atoms with Gasteiger partial charge in [0.2, 0.25) is 0 Å². The van der Waals surface area contributed by atoms with Gasteiger partial charge in [-0.2, -0.15) is 0 Å². The first-order valence-corrected chi connectivity index (χ1v) is 8.46. The van der Waals surface area contributed by atoms with Gasteiger partial charge >= 0.3 is 0 Å².